The van der Waals surface area contributed by atoms with E-state index in [0.717, 1.165) is 70.9 Å². The van der Waals surface area contributed by atoms with Crippen LogP contribution in [0.1, 0.15) is 16.7 Å². The van der Waals surface area contributed by atoms with Gasteiger partial charge < -0.3 is 20.5 Å². The number of phenolic OH excluding ortho intramolecular Hbond substituents is 1. The Morgan fingerprint density at radius 1 is 0.680 bits per heavy atom. The first-order valence-corrected chi connectivity index (χ1v) is 17.5. The predicted octanol–water partition coefficient (Wildman–Crippen LogP) is 9.16. The minimum Gasteiger partial charge on any atom is -0.507 e. The first-order chi connectivity index (χ1) is 24.4. The van der Waals surface area contributed by atoms with Gasteiger partial charge in [-0.25, -0.2) is 15.8 Å². The molecular weight excluding hydrogens is 756 g/mol. The normalized spacial score (nSPS) is 13.2. The Morgan fingerprint density at radius 2 is 1.20 bits per heavy atom. The first kappa shape index (κ1) is 31.8. The van der Waals surface area contributed by atoms with Crippen LogP contribution in [0.5, 0.6) is 5.75 Å². The van der Waals surface area contributed by atoms with Crippen molar-refractivity contribution in [3.05, 3.63) is 135 Å². The fourth-order valence-electron chi connectivity index (χ4n) is 6.46. The Hall–Kier alpha value is -5.49. The van der Waals surface area contributed by atoms with Gasteiger partial charge in [0.2, 0.25) is 0 Å². The number of benzene rings is 5. The van der Waals surface area contributed by atoms with E-state index in [0.29, 0.717) is 18.4 Å². The lowest BCUT2D eigenvalue weighted by Gasteiger charge is -2.05. The van der Waals surface area contributed by atoms with E-state index in [9.17, 15) is 5.11 Å². The molecule has 0 saturated carbocycles. The third kappa shape index (κ3) is 6.11. The summed E-state index contributed by atoms with van der Waals surface area (Å²) in [6, 6.07) is 35.8. The first-order valence-electron chi connectivity index (χ1n) is 15.9. The summed E-state index contributed by atoms with van der Waals surface area (Å²) in [4.78, 5) is 16.5. The largest absolute Gasteiger partial charge is 0.507 e. The van der Waals surface area contributed by atoms with E-state index in [-0.39, 0.29) is 5.75 Å². The van der Waals surface area contributed by atoms with E-state index in [2.05, 4.69) is 99.2 Å². The van der Waals surface area contributed by atoms with E-state index >= 15 is 0 Å². The van der Waals surface area contributed by atoms with E-state index < -0.39 is 0 Å². The van der Waals surface area contributed by atoms with Crippen LogP contribution in [0.3, 0.4) is 0 Å². The van der Waals surface area contributed by atoms with Gasteiger partial charge >= 0.3 is 0 Å². The van der Waals surface area contributed by atoms with Crippen LogP contribution < -0.4 is 16.7 Å². The third-order valence-electron chi connectivity index (χ3n) is 8.78. The summed E-state index contributed by atoms with van der Waals surface area (Å²) < 4.78 is 2.10. The van der Waals surface area contributed by atoms with Crippen molar-refractivity contribution in [2.75, 3.05) is 0 Å². The van der Waals surface area contributed by atoms with E-state index in [1.807, 2.05) is 54.6 Å². The zero-order chi connectivity index (χ0) is 34.2. The van der Waals surface area contributed by atoms with Gasteiger partial charge in [0.15, 0.2) is 0 Å². The number of phenols is 1. The van der Waals surface area contributed by atoms with Crippen LogP contribution >= 0.6 is 31.9 Å². The van der Waals surface area contributed by atoms with Gasteiger partial charge in [0.05, 0.1) is 29.0 Å². The number of rotatable bonds is 2. The number of fused-ring (bicyclic) bond motifs is 10. The van der Waals surface area contributed by atoms with E-state index in [1.165, 1.54) is 16.5 Å². The van der Waals surface area contributed by atoms with Crippen molar-refractivity contribution < 1.29 is 5.11 Å². The number of hydrogen-bond donors (Lipinski definition) is 6. The van der Waals surface area contributed by atoms with Gasteiger partial charge in [0.1, 0.15) is 17.4 Å². The SMILES string of the molecule is NNC1=Nc2ccccc2-c2[nH]c3ccc(Br)cc3c2C1.Oc1ccccc1/C=N/NC1=Nc2ccccc2-c2[nH]c3ccc(Br)cc3c2C1. The molecule has 5 aromatic carbocycles. The number of aromatic amines is 2. The number of hydrogen-bond acceptors (Lipinski definition) is 7. The van der Waals surface area contributed by atoms with E-state index in [1.54, 1.807) is 24.4 Å². The number of aliphatic imine (C=N–C) groups is 2. The molecule has 7 aromatic rings. The molecule has 2 aromatic heterocycles. The van der Waals surface area contributed by atoms with Crippen molar-refractivity contribution in [1.82, 2.24) is 20.8 Å². The van der Waals surface area contributed by atoms with Crippen LogP contribution in [0, 0.1) is 0 Å². The zero-order valence-electron chi connectivity index (χ0n) is 26.5. The summed E-state index contributed by atoms with van der Waals surface area (Å²) in [5.41, 5.74) is 17.2. The molecule has 246 valence electrons. The second-order valence-electron chi connectivity index (χ2n) is 11.9. The number of halogens is 2. The summed E-state index contributed by atoms with van der Waals surface area (Å²) in [5.74, 6) is 7.32. The molecule has 7 N–H and O–H groups in total. The van der Waals surface area contributed by atoms with Crippen LogP contribution in [0.25, 0.3) is 44.3 Å². The van der Waals surface area contributed by atoms with Crippen LogP contribution in [-0.4, -0.2) is 33.0 Å². The Labute approximate surface area is 304 Å². The minimum atomic E-state index is 0.190. The molecule has 0 fully saturated rings. The molecule has 4 heterocycles. The number of nitrogens with two attached hydrogens (primary N) is 1. The number of nitrogens with zero attached hydrogens (tertiary/aromatic N) is 3. The molecule has 0 radical (unpaired) electrons. The Morgan fingerprint density at radius 3 is 1.78 bits per heavy atom. The summed E-state index contributed by atoms with van der Waals surface area (Å²) in [6.07, 6.45) is 2.89. The Bertz CT molecular complexity index is 2510. The summed E-state index contributed by atoms with van der Waals surface area (Å²) >= 11 is 7.12. The second kappa shape index (κ2) is 13.4. The molecule has 0 aliphatic carbocycles. The van der Waals surface area contributed by atoms with Crippen molar-refractivity contribution in [2.45, 2.75) is 12.8 Å². The predicted molar refractivity (Wildman–Crippen MR) is 211 cm³/mol. The maximum absolute atomic E-state index is 9.91. The third-order valence-corrected chi connectivity index (χ3v) is 9.77. The highest BCUT2D eigenvalue weighted by Gasteiger charge is 2.22. The molecule has 0 saturated heterocycles. The van der Waals surface area contributed by atoms with Crippen LogP contribution in [-0.2, 0) is 12.8 Å². The minimum absolute atomic E-state index is 0.190. The molecule has 0 atom stereocenters. The van der Waals surface area contributed by atoms with Crippen molar-refractivity contribution in [3.63, 3.8) is 0 Å². The second-order valence-corrected chi connectivity index (χ2v) is 13.7. The van der Waals surface area contributed by atoms with Crippen molar-refractivity contribution in [1.29, 1.82) is 0 Å². The standard InChI is InChI=1S/C23H17BrN4O.C16H13BrN4/c24-15-9-10-20-17(11-15)18-12-22(28-25-13-14-5-1-4-8-21(14)29)26-19-7-3-2-6-16(19)23(18)27-20;17-9-5-6-14-11(7-9)12-8-15(21-18)19-13-4-2-1-3-10(13)16(12)20-14/h1-11,13,27,29H,12H2,(H,26,28);1-7,20H,8,18H2,(H,19,21)/b25-13+;. The lowest BCUT2D eigenvalue weighted by molar-refractivity contribution is 0.474. The summed E-state index contributed by atoms with van der Waals surface area (Å²) in [6.45, 7) is 0. The van der Waals surface area contributed by atoms with Crippen molar-refractivity contribution >= 4 is 82.9 Å². The number of aromatic nitrogens is 2. The smallest absolute Gasteiger partial charge is 0.127 e. The molecule has 9 nitrogen and oxygen atoms in total. The number of nitrogens with one attached hydrogen (secondary N) is 4. The van der Waals surface area contributed by atoms with Gasteiger partial charge in [-0.3, -0.25) is 5.43 Å². The molecule has 50 heavy (non-hydrogen) atoms. The monoisotopic (exact) mass is 784 g/mol. The quantitative estimate of drug-likeness (QED) is 0.0591. The number of hydrazone groups is 1. The van der Waals surface area contributed by atoms with Crippen LogP contribution in [0.15, 0.2) is 133 Å². The van der Waals surface area contributed by atoms with Gasteiger partial charge in [-0.05, 0) is 71.8 Å². The summed E-state index contributed by atoms with van der Waals surface area (Å²) in [7, 11) is 0. The van der Waals surface area contributed by atoms with Gasteiger partial charge in [0, 0.05) is 60.3 Å². The molecule has 2 aliphatic rings. The molecule has 2 aliphatic heterocycles. The van der Waals surface area contributed by atoms with Crippen molar-refractivity contribution in [3.8, 4) is 28.3 Å². The highest BCUT2D eigenvalue weighted by molar-refractivity contribution is 9.10. The summed E-state index contributed by atoms with van der Waals surface area (Å²) in [5, 5.41) is 16.6. The average Bonchev–Trinajstić information content (AvgIpc) is 3.54. The molecule has 0 spiro atoms. The van der Waals surface area contributed by atoms with Gasteiger partial charge in [-0.2, -0.15) is 5.10 Å². The topological polar surface area (TPSA) is 139 Å². The molecular formula is C39H30Br2N8O. The number of hydrazine groups is 1. The van der Waals surface area contributed by atoms with Crippen LogP contribution in [0.2, 0.25) is 0 Å². The maximum Gasteiger partial charge on any atom is 0.127 e. The van der Waals surface area contributed by atoms with Gasteiger partial charge in [-0.15, -0.1) is 0 Å². The fourth-order valence-corrected chi connectivity index (χ4v) is 7.18. The average molecular weight is 787 g/mol. The Kier molecular flexibility index (Phi) is 8.53. The number of aromatic hydroxyl groups is 1. The molecule has 0 amide bonds. The lowest BCUT2D eigenvalue weighted by atomic mass is 10.0. The van der Waals surface area contributed by atoms with E-state index in [4.69, 9.17) is 10.8 Å². The highest BCUT2D eigenvalue weighted by Crippen LogP contribution is 2.40. The number of H-pyrrole nitrogens is 2. The number of para-hydroxylation sites is 3. The van der Waals surface area contributed by atoms with Gasteiger partial charge in [0.25, 0.3) is 0 Å². The Balaban J connectivity index is 0.000000152. The highest BCUT2D eigenvalue weighted by atomic mass is 79.9. The molecule has 11 heteroatoms. The number of amidine groups is 2. The maximum atomic E-state index is 9.91. The zero-order valence-corrected chi connectivity index (χ0v) is 29.7. The molecule has 0 unspecified atom stereocenters. The van der Waals surface area contributed by atoms with Crippen LogP contribution in [0.4, 0.5) is 11.4 Å². The van der Waals surface area contributed by atoms with Gasteiger partial charge in [-0.1, -0.05) is 80.4 Å². The fraction of sp³-hybridized carbons (Fsp3) is 0.0513. The molecule has 0 bridgehead atoms. The van der Waals surface area contributed by atoms with Crippen molar-refractivity contribution in [2.24, 2.45) is 20.9 Å². The lowest BCUT2D eigenvalue weighted by Crippen LogP contribution is -2.31. The molecule has 9 rings (SSSR count).